The minimum atomic E-state index is -1.77. The first-order chi connectivity index (χ1) is 41.1. The molecule has 0 saturated carbocycles. The first-order valence-corrected chi connectivity index (χ1v) is 28.1. The Kier molecular flexibility index (Phi) is 35.7. The molecule has 88 heavy (non-hydrogen) atoms. The summed E-state index contributed by atoms with van der Waals surface area (Å²) in [7, 11) is 0. The average molecular weight is 1430 g/mol. The van der Waals surface area contributed by atoms with Crippen LogP contribution in [0.3, 0.4) is 0 Å². The topological polar surface area (TPSA) is 464 Å². The van der Waals surface area contributed by atoms with E-state index in [1.807, 2.05) is 10.6 Å². The van der Waals surface area contributed by atoms with Crippen molar-refractivity contribution in [3.8, 4) is 0 Å². The quantitative estimate of drug-likeness (QED) is 0.0224. The Morgan fingerprint density at radius 3 is 1.53 bits per heavy atom. The normalized spacial score (nSPS) is 15.7. The van der Waals surface area contributed by atoms with Crippen LogP contribution in [0.2, 0.25) is 0 Å². The fourth-order valence-electron chi connectivity index (χ4n) is 9.05. The second kappa shape index (κ2) is 40.9. The number of halogens is 1. The van der Waals surface area contributed by atoms with Crippen molar-refractivity contribution in [2.45, 2.75) is 107 Å². The number of rotatable bonds is 36. The van der Waals surface area contributed by atoms with Crippen molar-refractivity contribution in [1.82, 2.24) is 51.5 Å². The molecule has 1 aliphatic heterocycles. The van der Waals surface area contributed by atoms with E-state index < -0.39 is 153 Å². The maximum Gasteiger partial charge on any atom is 3.00 e. The molecule has 1 fully saturated rings. The van der Waals surface area contributed by atoms with E-state index in [1.165, 1.54) is 12.1 Å². The van der Waals surface area contributed by atoms with E-state index >= 15 is 0 Å². The van der Waals surface area contributed by atoms with E-state index in [2.05, 4.69) is 26.6 Å². The van der Waals surface area contributed by atoms with Gasteiger partial charge in [-0.25, -0.2) is 18.8 Å². The van der Waals surface area contributed by atoms with Crippen molar-refractivity contribution < 1.29 is 140 Å². The van der Waals surface area contributed by atoms with Crippen molar-refractivity contribution >= 4 is 94.5 Å². The van der Waals surface area contributed by atoms with Crippen LogP contribution < -0.4 is 37.2 Å². The first kappa shape index (κ1) is 76.7. The summed E-state index contributed by atoms with van der Waals surface area (Å²) >= 11 is 5.50. The zero-order valence-corrected chi connectivity index (χ0v) is 50.3. The number of benzene rings is 2. The molecule has 31 nitrogen and oxygen atoms in total. The van der Waals surface area contributed by atoms with Gasteiger partial charge in [-0.1, -0.05) is 30.7 Å². The van der Waals surface area contributed by atoms with Crippen molar-refractivity contribution in [3.05, 3.63) is 65.5 Å². The molecule has 0 aliphatic carbocycles. The molecule has 0 spiro atoms. The number of hydrogen-bond donors (Lipinski definition) is 15. The second-order valence-corrected chi connectivity index (χ2v) is 20.9. The van der Waals surface area contributed by atoms with Crippen LogP contribution in [0.25, 0.3) is 0 Å². The summed E-state index contributed by atoms with van der Waals surface area (Å²) in [5.41, 5.74) is 1.77. The number of nitrogens with zero attached hydrogens (tertiary/aromatic N) is 4. The van der Waals surface area contributed by atoms with Crippen molar-refractivity contribution in [1.29, 1.82) is 0 Å². The fourth-order valence-corrected chi connectivity index (χ4v) is 9.27. The predicted molar refractivity (Wildman–Crippen MR) is 308 cm³/mol. The maximum atomic E-state index is 13.8. The number of hydrogen-bond acceptors (Lipinski definition) is 17. The number of carboxylic acids is 8. The number of anilines is 1. The maximum absolute atomic E-state index is 13.8. The third-order valence-electron chi connectivity index (χ3n) is 13.4. The van der Waals surface area contributed by atoms with Gasteiger partial charge in [0.25, 0.3) is 0 Å². The summed E-state index contributed by atoms with van der Waals surface area (Å²) in [5.74, 6) is -13.3. The Balaban J connectivity index is 0.0000264. The Hall–Kier alpha value is -7.43. The van der Waals surface area contributed by atoms with Crippen LogP contribution in [0, 0.1) is 42.7 Å². The van der Waals surface area contributed by atoms with Gasteiger partial charge in [0, 0.05) is 96.2 Å². The third kappa shape index (κ3) is 33.1. The van der Waals surface area contributed by atoms with E-state index in [1.54, 1.807) is 43.9 Å². The summed E-state index contributed by atoms with van der Waals surface area (Å²) in [6, 6.07) is 5.44. The van der Waals surface area contributed by atoms with E-state index in [0.717, 1.165) is 17.7 Å². The zero-order valence-electron chi connectivity index (χ0n) is 47.8. The molecule has 1 aliphatic rings. The van der Waals surface area contributed by atoms with Crippen LogP contribution in [-0.4, -0.2) is 246 Å². The van der Waals surface area contributed by atoms with Crippen LogP contribution in [0.15, 0.2) is 48.5 Å². The molecule has 15 N–H and O–H groups in total. The molecule has 34 heteroatoms. The minimum Gasteiger partial charge on any atom is -0.481 e. The molecule has 5 amide bonds. The molecule has 2 aromatic rings. The van der Waals surface area contributed by atoms with E-state index in [9.17, 15) is 97.7 Å². The number of carboxylic acid groups (broad SMARTS) is 8. The van der Waals surface area contributed by atoms with Gasteiger partial charge in [0.05, 0.1) is 26.2 Å². The minimum absolute atomic E-state index is 0. The number of thiocarbonyl (C=S) groups is 1. The Morgan fingerprint density at radius 2 is 1.00 bits per heavy atom. The number of unbranched alkanes of at least 4 members (excludes halogenated alkanes) is 2. The molecular weight excluding hydrogens is 1350 g/mol. The second-order valence-electron chi connectivity index (χ2n) is 20.5. The largest absolute Gasteiger partial charge is 3.00 e. The molecule has 0 radical (unpaired) electrons. The molecule has 1 saturated heterocycles. The SMILES string of the molecule is O=C(O)CC[C@H](NC(=O)CC[C@H](NC(=O)N[C@@H](CCC(=O)O)C(=O)O)C(=O)O)NC(=O)[C@H](Cc1ccc(F)cc1)NC(=O)CCCCCNC(=S)Nc1ccc(CC2CN(CC(=O)O)CCN(CC(=O)O)CCN(CC(=O)O)CCN2CC(=O)O)cc1.[Lu+3]. The van der Waals surface area contributed by atoms with Gasteiger partial charge in [0.15, 0.2) is 5.11 Å². The Morgan fingerprint density at radius 1 is 0.511 bits per heavy atom. The molecule has 5 atom stereocenters. The average Bonchev–Trinajstić information content (AvgIpc) is 2.19. The van der Waals surface area contributed by atoms with Gasteiger partial charge in [-0.15, -0.1) is 0 Å². The van der Waals surface area contributed by atoms with Gasteiger partial charge in [0.1, 0.15) is 30.1 Å². The number of carbonyl (C=O) groups is 12. The molecule has 1 unspecified atom stereocenters. The van der Waals surface area contributed by atoms with Crippen LogP contribution in [0.1, 0.15) is 75.3 Å². The van der Waals surface area contributed by atoms with Gasteiger partial charge in [0.2, 0.25) is 17.7 Å². The van der Waals surface area contributed by atoms with Gasteiger partial charge >= 0.3 is 90.7 Å². The van der Waals surface area contributed by atoms with Crippen LogP contribution in [-0.2, 0) is 65.6 Å². The van der Waals surface area contributed by atoms with Crippen molar-refractivity contribution in [3.63, 3.8) is 0 Å². The molecule has 2 aromatic carbocycles. The van der Waals surface area contributed by atoms with E-state index in [-0.39, 0.29) is 127 Å². The Bertz CT molecular complexity index is 2700. The number of carbonyl (C=O) groups excluding carboxylic acids is 4. The summed E-state index contributed by atoms with van der Waals surface area (Å²) in [6.07, 6.45) is -3.27. The zero-order chi connectivity index (χ0) is 64.6. The predicted octanol–water partition coefficient (Wildman–Crippen LogP) is -0.855. The van der Waals surface area contributed by atoms with Gasteiger partial charge < -0.3 is 78.1 Å². The summed E-state index contributed by atoms with van der Waals surface area (Å²) in [6.45, 7) is -0.188. The van der Waals surface area contributed by atoms with Crippen LogP contribution in [0.5, 0.6) is 0 Å². The summed E-state index contributed by atoms with van der Waals surface area (Å²) in [5, 5.41) is 93.9. The summed E-state index contributed by atoms with van der Waals surface area (Å²) < 4.78 is 13.8. The third-order valence-corrected chi connectivity index (χ3v) is 13.7. The smallest absolute Gasteiger partial charge is 0.481 e. The van der Waals surface area contributed by atoms with E-state index in [0.29, 0.717) is 37.1 Å². The van der Waals surface area contributed by atoms with Gasteiger partial charge in [-0.3, -0.25) is 62.8 Å². The monoisotopic (exact) mass is 1420 g/mol. The van der Waals surface area contributed by atoms with Crippen LogP contribution >= 0.6 is 12.2 Å². The van der Waals surface area contributed by atoms with E-state index in [4.69, 9.17) is 17.3 Å². The number of amides is 5. The molecule has 1 heterocycles. The number of urea groups is 1. The molecule has 492 valence electrons. The first-order valence-electron chi connectivity index (χ1n) is 27.7. The molecule has 0 bridgehead atoms. The Labute approximate surface area is 539 Å². The number of aliphatic carboxylic acids is 8. The van der Waals surface area contributed by atoms with Gasteiger partial charge in [-0.2, -0.15) is 0 Å². The summed E-state index contributed by atoms with van der Waals surface area (Å²) in [4.78, 5) is 152. The molecular formula is C54H76FLuN11O20S+3. The number of nitrogens with one attached hydrogen (secondary N) is 7. The van der Waals surface area contributed by atoms with Crippen molar-refractivity contribution in [2.24, 2.45) is 0 Å². The fraction of sp³-hybridized carbons (Fsp3) is 0.537. The van der Waals surface area contributed by atoms with Crippen LogP contribution in [0.4, 0.5) is 14.9 Å². The standard InChI is InChI=1S/C54H76FN11O20S.Lu/c55-35-9-5-34(6-10-35)27-40(50(81)62-41(15-18-45(71)72)61-43(68)16-13-38(51(82)83)59-53(86)60-39(52(84)85)14-17-44(69)70)58-42(67)4-2-1-3-19-56-54(87)57-36-11-7-33(8-12-36)26-37-28-65(31-48(77)78)23-22-63(29-46(73)74)20-21-64(30-47(75)76)24-25-66(37)32-49(79)80;/h5-12,37-41H,1-4,13-32H2,(H,58,67)(H,61,68)(H,62,81)(H,69,70)(H,71,72)(H,73,74)(H,75,76)(H,77,78)(H,79,80)(H,82,83)(H,84,85)(H2,56,57,87)(H2,59,60,86);/q;+3/t37?,38-,39-,40-,41+;/m0./s1. The molecule has 3 rings (SSSR count). The van der Waals surface area contributed by atoms with Crippen molar-refractivity contribution in [2.75, 3.05) is 83.9 Å². The van der Waals surface area contributed by atoms with Gasteiger partial charge in [-0.05, 0) is 86.1 Å². The molecule has 0 aromatic heterocycles.